The van der Waals surface area contributed by atoms with Crippen LogP contribution in [0.5, 0.6) is 5.75 Å². The summed E-state index contributed by atoms with van der Waals surface area (Å²) in [7, 11) is 0. The Kier molecular flexibility index (Phi) is 4.84. The molecule has 6 heteroatoms. The lowest BCUT2D eigenvalue weighted by Crippen LogP contribution is -2.37. The number of aryl methyl sites for hydroxylation is 1. The Bertz CT molecular complexity index is 519. The Morgan fingerprint density at radius 1 is 1.45 bits per heavy atom. The van der Waals surface area contributed by atoms with E-state index in [4.69, 9.17) is 16.3 Å². The summed E-state index contributed by atoms with van der Waals surface area (Å²) in [5.74, 6) is 0.511. The molecule has 1 saturated heterocycles. The first-order valence-corrected chi connectivity index (χ1v) is 6.87. The topological polar surface area (TPSA) is 58.6 Å². The number of carbonyl (C=O) groups is 2. The zero-order valence-electron chi connectivity index (χ0n) is 11.3. The Morgan fingerprint density at radius 3 is 3.00 bits per heavy atom. The first-order chi connectivity index (χ1) is 9.56. The van der Waals surface area contributed by atoms with Crippen molar-refractivity contribution < 1.29 is 14.3 Å². The van der Waals surface area contributed by atoms with Crippen LogP contribution in [0.15, 0.2) is 18.2 Å². The van der Waals surface area contributed by atoms with E-state index >= 15 is 0 Å². The summed E-state index contributed by atoms with van der Waals surface area (Å²) < 4.78 is 5.52. The van der Waals surface area contributed by atoms with E-state index in [1.165, 1.54) is 0 Å². The van der Waals surface area contributed by atoms with Crippen molar-refractivity contribution in [3.8, 4) is 5.75 Å². The van der Waals surface area contributed by atoms with Gasteiger partial charge in [-0.2, -0.15) is 0 Å². The molecule has 0 spiro atoms. The maximum atomic E-state index is 12.0. The van der Waals surface area contributed by atoms with Gasteiger partial charge in [-0.1, -0.05) is 11.6 Å². The van der Waals surface area contributed by atoms with Gasteiger partial charge in [-0.25, -0.2) is 0 Å². The number of rotatable bonds is 3. The molecule has 1 aliphatic heterocycles. The molecule has 5 nitrogen and oxygen atoms in total. The van der Waals surface area contributed by atoms with Crippen molar-refractivity contribution in [3.05, 3.63) is 28.8 Å². The maximum absolute atomic E-state index is 12.0. The third kappa shape index (κ3) is 3.87. The van der Waals surface area contributed by atoms with Gasteiger partial charge in [0.05, 0.1) is 0 Å². The highest BCUT2D eigenvalue weighted by atomic mass is 35.5. The number of ether oxygens (including phenoxy) is 1. The van der Waals surface area contributed by atoms with Gasteiger partial charge in [0, 0.05) is 31.1 Å². The Labute approximate surface area is 122 Å². The van der Waals surface area contributed by atoms with E-state index in [2.05, 4.69) is 5.32 Å². The van der Waals surface area contributed by atoms with Crippen molar-refractivity contribution >= 4 is 23.4 Å². The third-order valence-corrected chi connectivity index (χ3v) is 3.39. The summed E-state index contributed by atoms with van der Waals surface area (Å²) in [6, 6.07) is 5.26. The molecular weight excluding hydrogens is 280 g/mol. The highest BCUT2D eigenvalue weighted by Gasteiger charge is 2.18. The fraction of sp³-hybridized carbons (Fsp3) is 0.429. The Morgan fingerprint density at radius 2 is 2.25 bits per heavy atom. The summed E-state index contributed by atoms with van der Waals surface area (Å²) in [6.07, 6.45) is 0.339. The molecule has 1 N–H and O–H groups in total. The van der Waals surface area contributed by atoms with Crippen molar-refractivity contribution in [2.45, 2.75) is 13.3 Å². The van der Waals surface area contributed by atoms with Gasteiger partial charge in [0.2, 0.25) is 5.91 Å². The number of amides is 2. The number of nitrogens with one attached hydrogen (secondary N) is 1. The minimum Gasteiger partial charge on any atom is -0.483 e. The molecule has 0 atom stereocenters. The van der Waals surface area contributed by atoms with E-state index in [0.717, 1.165) is 5.56 Å². The zero-order valence-corrected chi connectivity index (χ0v) is 12.1. The smallest absolute Gasteiger partial charge is 0.260 e. The highest BCUT2D eigenvalue weighted by molar-refractivity contribution is 6.30. The molecule has 1 heterocycles. The summed E-state index contributed by atoms with van der Waals surface area (Å²) >= 11 is 5.86. The molecule has 0 unspecified atom stereocenters. The highest BCUT2D eigenvalue weighted by Crippen LogP contribution is 2.21. The van der Waals surface area contributed by atoms with Crippen LogP contribution in [0.3, 0.4) is 0 Å². The molecule has 0 radical (unpaired) electrons. The number of hydrogen-bond acceptors (Lipinski definition) is 3. The predicted octanol–water partition coefficient (Wildman–Crippen LogP) is 1.38. The molecule has 2 rings (SSSR count). The van der Waals surface area contributed by atoms with Crippen molar-refractivity contribution in [2.75, 3.05) is 26.2 Å². The number of nitrogens with zero attached hydrogens (tertiary/aromatic N) is 1. The lowest BCUT2D eigenvalue weighted by atomic mass is 10.2. The van der Waals surface area contributed by atoms with Gasteiger partial charge in [-0.15, -0.1) is 0 Å². The van der Waals surface area contributed by atoms with Crippen LogP contribution in [-0.4, -0.2) is 43.0 Å². The molecular formula is C14H17ClN2O3. The van der Waals surface area contributed by atoms with Gasteiger partial charge >= 0.3 is 0 Å². The molecule has 0 bridgehead atoms. The standard InChI is InChI=1S/C14H17ClN2O3/c1-10-8-11(15)2-3-12(10)20-9-14(19)17-6-4-13(18)16-5-7-17/h2-3,8H,4-7,9H2,1H3,(H,16,18). The van der Waals surface area contributed by atoms with Crippen LogP contribution in [-0.2, 0) is 9.59 Å². The Hall–Kier alpha value is -1.75. The van der Waals surface area contributed by atoms with Gasteiger partial charge in [0.1, 0.15) is 5.75 Å². The van der Waals surface area contributed by atoms with Crippen molar-refractivity contribution in [3.63, 3.8) is 0 Å². The van der Waals surface area contributed by atoms with Gasteiger partial charge in [0.25, 0.3) is 5.91 Å². The molecule has 20 heavy (non-hydrogen) atoms. The minimum absolute atomic E-state index is 0.0187. The van der Waals surface area contributed by atoms with Crippen LogP contribution >= 0.6 is 11.6 Å². The van der Waals surface area contributed by atoms with E-state index in [9.17, 15) is 9.59 Å². The number of benzene rings is 1. The van der Waals surface area contributed by atoms with Crippen LogP contribution in [0.4, 0.5) is 0 Å². The molecule has 0 aromatic heterocycles. The fourth-order valence-corrected chi connectivity index (χ4v) is 2.25. The maximum Gasteiger partial charge on any atom is 0.260 e. The van der Waals surface area contributed by atoms with E-state index in [1.807, 2.05) is 6.92 Å². The largest absolute Gasteiger partial charge is 0.483 e. The van der Waals surface area contributed by atoms with Crippen LogP contribution in [0.2, 0.25) is 5.02 Å². The van der Waals surface area contributed by atoms with Crippen molar-refractivity contribution in [1.29, 1.82) is 0 Å². The number of hydrogen-bond donors (Lipinski definition) is 1. The van der Waals surface area contributed by atoms with Crippen molar-refractivity contribution in [2.24, 2.45) is 0 Å². The van der Waals surface area contributed by atoms with Crippen LogP contribution < -0.4 is 10.1 Å². The van der Waals surface area contributed by atoms with Crippen LogP contribution in [0.1, 0.15) is 12.0 Å². The SMILES string of the molecule is Cc1cc(Cl)ccc1OCC(=O)N1CCNC(=O)CC1. The van der Waals surface area contributed by atoms with E-state index in [0.29, 0.717) is 36.8 Å². The Balaban J connectivity index is 1.89. The molecule has 2 amide bonds. The van der Waals surface area contributed by atoms with Gasteiger partial charge in [0.15, 0.2) is 6.61 Å². The van der Waals surface area contributed by atoms with Crippen LogP contribution in [0.25, 0.3) is 0 Å². The van der Waals surface area contributed by atoms with E-state index in [-0.39, 0.29) is 18.4 Å². The minimum atomic E-state index is -0.115. The molecule has 1 aliphatic rings. The van der Waals surface area contributed by atoms with Crippen LogP contribution in [0, 0.1) is 6.92 Å². The summed E-state index contributed by atoms with van der Waals surface area (Å²) in [6.45, 7) is 3.29. The molecule has 108 valence electrons. The van der Waals surface area contributed by atoms with E-state index in [1.54, 1.807) is 23.1 Å². The quantitative estimate of drug-likeness (QED) is 0.917. The third-order valence-electron chi connectivity index (χ3n) is 3.15. The summed E-state index contributed by atoms with van der Waals surface area (Å²) in [4.78, 5) is 24.9. The number of carbonyl (C=O) groups excluding carboxylic acids is 2. The molecule has 0 saturated carbocycles. The lowest BCUT2D eigenvalue weighted by molar-refractivity contribution is -0.133. The summed E-state index contributed by atoms with van der Waals surface area (Å²) in [5.41, 5.74) is 0.887. The van der Waals surface area contributed by atoms with Gasteiger partial charge < -0.3 is 15.0 Å². The average molecular weight is 297 g/mol. The first kappa shape index (κ1) is 14.7. The van der Waals surface area contributed by atoms with Crippen molar-refractivity contribution in [1.82, 2.24) is 10.2 Å². The first-order valence-electron chi connectivity index (χ1n) is 6.49. The molecule has 1 fully saturated rings. The van der Waals surface area contributed by atoms with E-state index < -0.39 is 0 Å². The second-order valence-electron chi connectivity index (χ2n) is 4.68. The van der Waals surface area contributed by atoms with Gasteiger partial charge in [-0.05, 0) is 30.7 Å². The molecule has 0 aliphatic carbocycles. The average Bonchev–Trinajstić information content (AvgIpc) is 2.62. The fourth-order valence-electron chi connectivity index (χ4n) is 2.02. The monoisotopic (exact) mass is 296 g/mol. The molecule has 1 aromatic rings. The normalized spacial score (nSPS) is 15.5. The predicted molar refractivity (Wildman–Crippen MR) is 75.9 cm³/mol. The summed E-state index contributed by atoms with van der Waals surface area (Å²) in [5, 5.41) is 3.37. The second-order valence-corrected chi connectivity index (χ2v) is 5.12. The molecule has 1 aromatic carbocycles. The van der Waals surface area contributed by atoms with Gasteiger partial charge in [-0.3, -0.25) is 9.59 Å². The number of halogens is 1. The zero-order chi connectivity index (χ0) is 14.5. The lowest BCUT2D eigenvalue weighted by Gasteiger charge is -2.20. The second kappa shape index (κ2) is 6.61.